The summed E-state index contributed by atoms with van der Waals surface area (Å²) in [6, 6.07) is 5.52. The number of anilines is 1. The number of carbonyl (C=O) groups is 2. The van der Waals surface area contributed by atoms with Crippen LogP contribution in [0.3, 0.4) is 0 Å². The van der Waals surface area contributed by atoms with Gasteiger partial charge in [-0.25, -0.2) is 4.90 Å². The molecule has 1 aromatic rings. The number of amides is 2. The third-order valence-electron chi connectivity index (χ3n) is 2.77. The molecule has 2 amide bonds. The van der Waals surface area contributed by atoms with Crippen molar-refractivity contribution in [3.8, 4) is 11.8 Å². The fraction of sp³-hybridized carbons (Fsp3) is 0.286. The van der Waals surface area contributed by atoms with E-state index in [1.54, 1.807) is 0 Å². The number of benzene rings is 1. The molecule has 2 rings (SSSR count). The molecule has 0 spiro atoms. The number of aryl methyl sites for hydroxylation is 1. The largest absolute Gasteiger partial charge is 0.320 e. The molecule has 0 unspecified atom stereocenters. The van der Waals surface area contributed by atoms with Crippen LogP contribution in [-0.4, -0.2) is 18.4 Å². The topological polar surface area (TPSA) is 63.4 Å². The van der Waals surface area contributed by atoms with Crippen LogP contribution in [0.1, 0.15) is 24.0 Å². The summed E-state index contributed by atoms with van der Waals surface area (Å²) in [6.45, 7) is 2.16. The molecule has 92 valence electrons. The van der Waals surface area contributed by atoms with Gasteiger partial charge < -0.3 is 5.73 Å². The Labute approximate surface area is 106 Å². The Morgan fingerprint density at radius 3 is 2.56 bits per heavy atom. The molecule has 0 aromatic heterocycles. The summed E-state index contributed by atoms with van der Waals surface area (Å²) < 4.78 is 0. The third kappa shape index (κ3) is 2.27. The van der Waals surface area contributed by atoms with Crippen LogP contribution in [-0.2, 0) is 9.59 Å². The minimum absolute atomic E-state index is 0.165. The van der Waals surface area contributed by atoms with Crippen molar-refractivity contribution < 1.29 is 9.59 Å². The van der Waals surface area contributed by atoms with Crippen molar-refractivity contribution in [3.05, 3.63) is 29.3 Å². The van der Waals surface area contributed by atoms with Crippen LogP contribution in [0.4, 0.5) is 5.69 Å². The number of nitrogens with two attached hydrogens (primary N) is 1. The molecule has 4 heteroatoms. The van der Waals surface area contributed by atoms with Gasteiger partial charge in [-0.2, -0.15) is 0 Å². The maximum absolute atomic E-state index is 11.8. The summed E-state index contributed by atoms with van der Waals surface area (Å²) in [6.07, 6.45) is 0.549. The Morgan fingerprint density at radius 1 is 1.28 bits per heavy atom. The van der Waals surface area contributed by atoms with Crippen molar-refractivity contribution >= 4 is 17.5 Å². The van der Waals surface area contributed by atoms with Crippen molar-refractivity contribution in [1.29, 1.82) is 0 Å². The van der Waals surface area contributed by atoms with Gasteiger partial charge in [0.25, 0.3) is 0 Å². The molecule has 1 aliphatic heterocycles. The van der Waals surface area contributed by atoms with E-state index in [4.69, 9.17) is 5.73 Å². The van der Waals surface area contributed by atoms with Gasteiger partial charge in [-0.3, -0.25) is 9.59 Å². The van der Waals surface area contributed by atoms with E-state index in [9.17, 15) is 9.59 Å². The average molecular weight is 242 g/mol. The van der Waals surface area contributed by atoms with Gasteiger partial charge in [-0.05, 0) is 24.6 Å². The molecule has 0 bridgehead atoms. The van der Waals surface area contributed by atoms with Gasteiger partial charge in [0.1, 0.15) is 0 Å². The van der Waals surface area contributed by atoms with Crippen molar-refractivity contribution in [2.45, 2.75) is 19.8 Å². The number of hydrogen-bond acceptors (Lipinski definition) is 3. The van der Waals surface area contributed by atoms with Crippen molar-refractivity contribution in [3.63, 3.8) is 0 Å². The molecule has 1 heterocycles. The van der Waals surface area contributed by atoms with Gasteiger partial charge in [0.2, 0.25) is 11.8 Å². The predicted octanol–water partition coefficient (Wildman–Crippen LogP) is 0.959. The van der Waals surface area contributed by atoms with Crippen LogP contribution in [0.25, 0.3) is 0 Å². The SMILES string of the molecule is Cc1ccc(C#CCN)c(N2C(=O)CCC2=O)c1. The standard InChI is InChI=1S/C14H14N2O2/c1-10-4-5-11(3-2-8-15)12(9-10)16-13(17)6-7-14(16)18/h4-5,9H,6-8,15H2,1H3. The lowest BCUT2D eigenvalue weighted by Crippen LogP contribution is -2.29. The number of rotatable bonds is 1. The first-order valence-corrected chi connectivity index (χ1v) is 5.79. The summed E-state index contributed by atoms with van der Waals surface area (Å²) in [5.41, 5.74) is 7.56. The van der Waals surface area contributed by atoms with Crippen molar-refractivity contribution in [2.24, 2.45) is 5.73 Å². The van der Waals surface area contributed by atoms with E-state index in [1.165, 1.54) is 4.90 Å². The number of hydrogen-bond donors (Lipinski definition) is 1. The summed E-state index contributed by atoms with van der Waals surface area (Å²) in [7, 11) is 0. The molecule has 0 aliphatic carbocycles. The van der Waals surface area contributed by atoms with E-state index in [-0.39, 0.29) is 31.2 Å². The van der Waals surface area contributed by atoms with Crippen molar-refractivity contribution in [1.82, 2.24) is 0 Å². The van der Waals surface area contributed by atoms with Crippen LogP contribution in [0, 0.1) is 18.8 Å². The smallest absolute Gasteiger partial charge is 0.234 e. The van der Waals surface area contributed by atoms with Gasteiger partial charge >= 0.3 is 0 Å². The zero-order valence-electron chi connectivity index (χ0n) is 10.2. The lowest BCUT2D eigenvalue weighted by molar-refractivity contribution is -0.121. The maximum Gasteiger partial charge on any atom is 0.234 e. The van der Waals surface area contributed by atoms with Gasteiger partial charge in [0.05, 0.1) is 12.2 Å². The molecule has 1 fully saturated rings. The first-order chi connectivity index (χ1) is 8.63. The Balaban J connectivity index is 2.51. The van der Waals surface area contributed by atoms with Crippen LogP contribution in [0.15, 0.2) is 18.2 Å². The summed E-state index contributed by atoms with van der Waals surface area (Å²) >= 11 is 0. The molecule has 1 saturated heterocycles. The monoisotopic (exact) mass is 242 g/mol. The second kappa shape index (κ2) is 5.03. The maximum atomic E-state index is 11.8. The minimum Gasteiger partial charge on any atom is -0.320 e. The highest BCUT2D eigenvalue weighted by Gasteiger charge is 2.31. The second-order valence-corrected chi connectivity index (χ2v) is 4.15. The predicted molar refractivity (Wildman–Crippen MR) is 68.8 cm³/mol. The summed E-state index contributed by atoms with van der Waals surface area (Å²) in [5, 5.41) is 0. The van der Waals surface area contributed by atoms with Crippen molar-refractivity contribution in [2.75, 3.05) is 11.4 Å². The molecular weight excluding hydrogens is 228 g/mol. The molecule has 2 N–H and O–H groups in total. The fourth-order valence-electron chi connectivity index (χ4n) is 1.92. The number of imide groups is 1. The first-order valence-electron chi connectivity index (χ1n) is 5.79. The molecule has 1 aliphatic rings. The van der Waals surface area contributed by atoms with Crippen LogP contribution in [0.5, 0.6) is 0 Å². The van der Waals surface area contributed by atoms with Crippen LogP contribution < -0.4 is 10.6 Å². The Bertz CT molecular complexity index is 551. The van der Waals surface area contributed by atoms with E-state index in [2.05, 4.69) is 11.8 Å². The fourth-order valence-corrected chi connectivity index (χ4v) is 1.92. The Kier molecular flexibility index (Phi) is 3.45. The molecule has 18 heavy (non-hydrogen) atoms. The quantitative estimate of drug-likeness (QED) is 0.589. The molecule has 0 radical (unpaired) electrons. The van der Waals surface area contributed by atoms with E-state index >= 15 is 0 Å². The van der Waals surface area contributed by atoms with E-state index < -0.39 is 0 Å². The van der Waals surface area contributed by atoms with E-state index in [0.29, 0.717) is 11.3 Å². The summed E-state index contributed by atoms with van der Waals surface area (Å²) in [4.78, 5) is 24.7. The molecular formula is C14H14N2O2. The van der Waals surface area contributed by atoms with E-state index in [0.717, 1.165) is 5.56 Å². The lowest BCUT2D eigenvalue weighted by atomic mass is 10.1. The second-order valence-electron chi connectivity index (χ2n) is 4.15. The number of nitrogens with zero attached hydrogens (tertiary/aromatic N) is 1. The Morgan fingerprint density at radius 2 is 1.94 bits per heavy atom. The third-order valence-corrected chi connectivity index (χ3v) is 2.77. The van der Waals surface area contributed by atoms with E-state index in [1.807, 2.05) is 25.1 Å². The van der Waals surface area contributed by atoms with Gasteiger partial charge in [0.15, 0.2) is 0 Å². The van der Waals surface area contributed by atoms with Gasteiger partial charge in [-0.1, -0.05) is 17.9 Å². The van der Waals surface area contributed by atoms with Gasteiger partial charge in [0, 0.05) is 18.4 Å². The normalized spacial score (nSPS) is 14.7. The summed E-state index contributed by atoms with van der Waals surface area (Å²) in [5.74, 6) is 5.31. The molecule has 1 aromatic carbocycles. The van der Waals surface area contributed by atoms with Crippen LogP contribution >= 0.6 is 0 Å². The zero-order chi connectivity index (χ0) is 13.1. The molecule has 0 saturated carbocycles. The highest BCUT2D eigenvalue weighted by Crippen LogP contribution is 2.27. The number of carbonyl (C=O) groups excluding carboxylic acids is 2. The lowest BCUT2D eigenvalue weighted by Gasteiger charge is -2.16. The molecule has 4 nitrogen and oxygen atoms in total. The highest BCUT2D eigenvalue weighted by atomic mass is 16.2. The Hall–Kier alpha value is -2.12. The highest BCUT2D eigenvalue weighted by molar-refractivity contribution is 6.20. The van der Waals surface area contributed by atoms with Gasteiger partial charge in [-0.15, -0.1) is 0 Å². The zero-order valence-corrected chi connectivity index (χ0v) is 10.2. The minimum atomic E-state index is -0.165. The first kappa shape index (κ1) is 12.3. The average Bonchev–Trinajstić information content (AvgIpc) is 2.67. The van der Waals surface area contributed by atoms with Crippen LogP contribution in [0.2, 0.25) is 0 Å². The molecule has 0 atom stereocenters.